The van der Waals surface area contributed by atoms with Crippen LogP contribution in [0.2, 0.25) is 0 Å². The summed E-state index contributed by atoms with van der Waals surface area (Å²) in [5.41, 5.74) is 23.7. The molecule has 2 aliphatic carbocycles. The Hall–Kier alpha value is -6.88. The highest BCUT2D eigenvalue weighted by Crippen LogP contribution is 2.54. The van der Waals surface area contributed by atoms with Crippen LogP contribution in [0.25, 0.3) is 33.0 Å². The first-order valence-corrected chi connectivity index (χ1v) is 28.0. The van der Waals surface area contributed by atoms with Gasteiger partial charge in [0.05, 0.1) is 0 Å². The summed E-state index contributed by atoms with van der Waals surface area (Å²) >= 11 is 0. The molecule has 1 spiro atoms. The lowest BCUT2D eigenvalue weighted by molar-refractivity contribution is 0.332. The molecule has 0 atom stereocenters. The summed E-state index contributed by atoms with van der Waals surface area (Å²) in [5, 5.41) is 12.5. The van der Waals surface area contributed by atoms with Crippen molar-refractivity contribution in [2.45, 2.75) is 96.8 Å². The Kier molecular flexibility index (Phi) is 8.70. The van der Waals surface area contributed by atoms with E-state index < -0.39 is 8.07 Å². The molecule has 3 heterocycles. The van der Waals surface area contributed by atoms with E-state index in [1.807, 2.05) is 0 Å². The Morgan fingerprint density at radius 1 is 0.465 bits per heavy atom. The second-order valence-corrected chi connectivity index (χ2v) is 27.5. The fourth-order valence-corrected chi connectivity index (χ4v) is 20.0. The molecule has 0 aromatic heterocycles. The molecule has 0 saturated heterocycles. The fraction of sp³-hybridized carbons (Fsp3) is 0.224. The van der Waals surface area contributed by atoms with Crippen LogP contribution >= 0.6 is 0 Å². The first-order chi connectivity index (χ1) is 34.1. The van der Waals surface area contributed by atoms with Crippen LogP contribution in [-0.2, 0) is 21.7 Å². The van der Waals surface area contributed by atoms with Gasteiger partial charge in [-0.05, 0) is 147 Å². The van der Waals surface area contributed by atoms with Gasteiger partial charge in [-0.25, -0.2) is 0 Å². The van der Waals surface area contributed by atoms with Gasteiger partial charge in [0.1, 0.15) is 0 Å². The number of fused-ring (bicyclic) bond motifs is 15. The van der Waals surface area contributed by atoms with Crippen molar-refractivity contribution in [2.75, 3.05) is 10.2 Å². The number of rotatable bonds is 2. The van der Waals surface area contributed by atoms with Crippen LogP contribution < -0.4 is 41.9 Å². The molecule has 1 N–H and O–H groups in total. The van der Waals surface area contributed by atoms with Gasteiger partial charge in [-0.1, -0.05) is 206 Å². The van der Waals surface area contributed by atoms with Crippen molar-refractivity contribution < 1.29 is 0 Å². The molecule has 9 aromatic carbocycles. The first kappa shape index (κ1) is 43.0. The second-order valence-electron chi connectivity index (χ2n) is 23.8. The van der Waals surface area contributed by atoms with Gasteiger partial charge in [0.15, 0.2) is 15.4 Å². The fourth-order valence-electron chi connectivity index (χ4n) is 14.5. The number of hydrogen-bond acceptors (Lipinski definition) is 2. The maximum Gasteiger partial charge on any atom is 0.197 e. The lowest BCUT2D eigenvalue weighted by atomic mass is 9.54. The van der Waals surface area contributed by atoms with Crippen molar-refractivity contribution >= 4 is 86.2 Å². The number of aryl methyl sites for hydroxylation is 1. The molecule has 9 aromatic rings. The summed E-state index contributed by atoms with van der Waals surface area (Å²) in [6, 6.07) is 66.2. The molecule has 71 heavy (non-hydrogen) atoms. The van der Waals surface area contributed by atoms with Crippen molar-refractivity contribution in [3.63, 3.8) is 0 Å². The van der Waals surface area contributed by atoms with E-state index in [9.17, 15) is 0 Å². The molecule has 4 heteroatoms. The monoisotopic (exact) mass is 931 g/mol. The number of anilines is 5. The van der Waals surface area contributed by atoms with Crippen LogP contribution in [0.1, 0.15) is 107 Å². The van der Waals surface area contributed by atoms with Crippen LogP contribution in [0.15, 0.2) is 170 Å². The minimum Gasteiger partial charge on any atom is -0.355 e. The third kappa shape index (κ3) is 5.60. The quantitative estimate of drug-likeness (QED) is 0.174. The van der Waals surface area contributed by atoms with Gasteiger partial charge >= 0.3 is 0 Å². The summed E-state index contributed by atoms with van der Waals surface area (Å²) in [4.78, 5) is 2.69. The van der Waals surface area contributed by atoms with Crippen molar-refractivity contribution in [3.8, 4) is 22.3 Å². The van der Waals surface area contributed by atoms with E-state index in [2.05, 4.69) is 250 Å². The molecule has 0 amide bonds. The highest BCUT2D eigenvalue weighted by atomic mass is 28.3. The Labute approximate surface area is 422 Å². The van der Waals surface area contributed by atoms with Crippen molar-refractivity contribution in [2.24, 2.45) is 0 Å². The van der Waals surface area contributed by atoms with Gasteiger partial charge in [-0.3, -0.25) is 0 Å². The smallest absolute Gasteiger partial charge is 0.197 e. The Balaban J connectivity index is 1.09. The molecule has 14 rings (SSSR count). The zero-order chi connectivity index (χ0) is 48.6. The van der Waals surface area contributed by atoms with Crippen molar-refractivity contribution in [1.82, 2.24) is 0 Å². The molecule has 0 fully saturated rings. The molecule has 0 bridgehead atoms. The third-order valence-electron chi connectivity index (χ3n) is 18.3. The number of nitrogens with one attached hydrogen (secondary N) is 1. The molecular weight excluding hydrogens is 872 g/mol. The highest BCUT2D eigenvalue weighted by molar-refractivity contribution is 7.23. The predicted molar refractivity (Wildman–Crippen MR) is 306 cm³/mol. The second kappa shape index (κ2) is 14.4. The van der Waals surface area contributed by atoms with Gasteiger partial charge in [0.25, 0.3) is 0 Å². The maximum absolute atomic E-state index is 4.19. The number of hydrogen-bond donors (Lipinski definition) is 1. The van der Waals surface area contributed by atoms with E-state index in [0.717, 1.165) is 6.42 Å². The maximum atomic E-state index is 4.19. The van der Waals surface area contributed by atoms with E-state index in [1.165, 1.54) is 139 Å². The topological polar surface area (TPSA) is 15.3 Å². The highest BCUT2D eigenvalue weighted by Gasteiger charge is 2.53. The van der Waals surface area contributed by atoms with E-state index in [4.69, 9.17) is 0 Å². The van der Waals surface area contributed by atoms with Gasteiger partial charge in [0.2, 0.25) is 0 Å². The lowest BCUT2D eigenvalue weighted by Gasteiger charge is -2.46. The van der Waals surface area contributed by atoms with Crippen LogP contribution in [0, 0.1) is 6.92 Å². The van der Waals surface area contributed by atoms with Crippen LogP contribution in [-0.4, -0.2) is 15.4 Å². The third-order valence-corrected chi connectivity index (χ3v) is 23.3. The largest absolute Gasteiger partial charge is 0.355 e. The molecule has 345 valence electrons. The van der Waals surface area contributed by atoms with Crippen LogP contribution in [0.4, 0.5) is 28.4 Å². The van der Waals surface area contributed by atoms with Gasteiger partial charge in [-0.15, -0.1) is 0 Å². The van der Waals surface area contributed by atoms with E-state index in [1.54, 1.807) is 0 Å². The molecule has 1 radical (unpaired) electrons. The number of para-hydroxylation sites is 2. The Morgan fingerprint density at radius 3 is 1.69 bits per heavy atom. The standard InChI is InChI=1S/C67H60BN2Si/c1-40-35-48-49(65(4,5)34-33-64(48,2)3)38-54(40)70-55-39-51-50(66(6,7)46-26-14-15-27-47(46)67(51,8)9)37-52(55)68-62-56(70)36-41-21-10-11-22-42(41)61(62)45-25-20-32-60-63(45)69-53-28-16-19-31-59(53)71(60)57-29-17-12-23-43(57)44-24-13-18-30-58(44)71/h10-32,35-39,69H,33-34H2,1-9H3. The minimum absolute atomic E-state index is 0.0450. The van der Waals surface area contributed by atoms with E-state index in [0.29, 0.717) is 0 Å². The molecule has 3 aliphatic heterocycles. The molecule has 2 nitrogen and oxygen atoms in total. The Morgan fingerprint density at radius 2 is 1.00 bits per heavy atom. The zero-order valence-electron chi connectivity index (χ0n) is 42.6. The average molecular weight is 932 g/mol. The summed E-state index contributed by atoms with van der Waals surface area (Å²) in [5.74, 6) is 0. The molecular formula is C67H60BN2Si. The summed E-state index contributed by atoms with van der Waals surface area (Å²) < 4.78 is 0. The summed E-state index contributed by atoms with van der Waals surface area (Å²) in [6.07, 6.45) is 2.35. The van der Waals surface area contributed by atoms with Crippen LogP contribution in [0.5, 0.6) is 0 Å². The van der Waals surface area contributed by atoms with Gasteiger partial charge in [-0.2, -0.15) is 0 Å². The lowest BCUT2D eigenvalue weighted by Crippen LogP contribution is -2.74. The Bertz CT molecular complexity index is 3770. The van der Waals surface area contributed by atoms with Crippen LogP contribution in [0.3, 0.4) is 0 Å². The number of benzene rings is 9. The number of nitrogens with zero attached hydrogens (tertiary/aromatic N) is 1. The van der Waals surface area contributed by atoms with Crippen molar-refractivity contribution in [1.29, 1.82) is 0 Å². The van der Waals surface area contributed by atoms with Crippen molar-refractivity contribution in [3.05, 3.63) is 209 Å². The molecule has 0 saturated carbocycles. The summed E-state index contributed by atoms with van der Waals surface area (Å²) in [6.45, 7) is 22.0. The molecule has 5 aliphatic rings. The van der Waals surface area contributed by atoms with E-state index >= 15 is 0 Å². The minimum atomic E-state index is -2.80. The SMILES string of the molecule is Cc1cc2c(cc1N1c3cc4c(cc3[B]c3c1cc1ccccc1c3-c1cccc3c1Nc1ccccc1[Si]31c3ccccc3-c3ccccc31)C(C)(C)c1ccccc1C4(C)C)C(C)(C)CCC2(C)C. The average Bonchev–Trinajstić information content (AvgIpc) is 3.66. The van der Waals surface area contributed by atoms with Gasteiger partial charge in [0, 0.05) is 44.8 Å². The normalized spacial score (nSPS) is 18.0. The predicted octanol–water partition coefficient (Wildman–Crippen LogP) is 13.0. The van der Waals surface area contributed by atoms with E-state index in [-0.39, 0.29) is 21.7 Å². The first-order valence-electron chi connectivity index (χ1n) is 26.0. The zero-order valence-corrected chi connectivity index (χ0v) is 43.6. The molecule has 0 unspecified atom stereocenters. The summed E-state index contributed by atoms with van der Waals surface area (Å²) in [7, 11) is -0.232. The van der Waals surface area contributed by atoms with Gasteiger partial charge < -0.3 is 10.2 Å².